The summed E-state index contributed by atoms with van der Waals surface area (Å²) in [5.74, 6) is 0. The molecule has 0 N–H and O–H groups in total. The van der Waals surface area contributed by atoms with Gasteiger partial charge >= 0.3 is 0 Å². The average molecular weight is 429 g/mol. The van der Waals surface area contributed by atoms with Crippen molar-refractivity contribution >= 4 is 23.2 Å². The lowest BCUT2D eigenvalue weighted by Gasteiger charge is -2.27. The second-order valence-electron chi connectivity index (χ2n) is 6.21. The average Bonchev–Trinajstić information content (AvgIpc) is 2.70. The number of ether oxygens (including phenoxy) is 1. The first-order valence-corrected chi connectivity index (χ1v) is 11.0. The molecule has 0 aliphatic rings. The predicted molar refractivity (Wildman–Crippen MR) is 111 cm³/mol. The highest BCUT2D eigenvalue weighted by Crippen LogP contribution is 2.55. The Morgan fingerprint density at radius 3 is 1.38 bits per heavy atom. The fourth-order valence-corrected chi connectivity index (χ4v) is 6.95. The number of unbranched alkanes of at least 4 members (excludes halogenated alkanes) is 1. The van der Waals surface area contributed by atoms with Gasteiger partial charge in [0, 0.05) is 0 Å². The van der Waals surface area contributed by atoms with Crippen molar-refractivity contribution in [3.05, 3.63) is 91.0 Å². The number of hydrogen-bond donors (Lipinski definition) is 0. The molecule has 0 unspecified atom stereocenters. The molecular weight excluding hydrogens is 403 g/mol. The number of hydrogen-bond acceptors (Lipinski definition) is 1. The van der Waals surface area contributed by atoms with Crippen molar-refractivity contribution in [3.8, 4) is 0 Å². The molecule has 0 atom stereocenters. The summed E-state index contributed by atoms with van der Waals surface area (Å²) >= 11 is 0. The molecule has 0 radical (unpaired) electrons. The van der Waals surface area contributed by atoms with E-state index in [1.807, 2.05) is 0 Å². The minimum atomic E-state index is -1.82. The van der Waals surface area contributed by atoms with Crippen LogP contribution in [-0.2, 0) is 4.74 Å². The van der Waals surface area contributed by atoms with Crippen molar-refractivity contribution in [2.24, 2.45) is 0 Å². The zero-order valence-corrected chi connectivity index (χ0v) is 17.7. The Bertz CT molecular complexity index is 650. The molecule has 26 heavy (non-hydrogen) atoms. The second-order valence-corrected chi connectivity index (χ2v) is 9.63. The minimum Gasteiger partial charge on any atom is -1.00 e. The maximum absolute atomic E-state index is 6.25. The summed E-state index contributed by atoms with van der Waals surface area (Å²) in [6.45, 7) is 3.03. The van der Waals surface area contributed by atoms with Crippen LogP contribution in [0.25, 0.3) is 0 Å². The Balaban J connectivity index is 0.00000243. The maximum Gasteiger partial charge on any atom is 0.171 e. The molecule has 0 amide bonds. The van der Waals surface area contributed by atoms with E-state index in [-0.39, 0.29) is 17.0 Å². The van der Waals surface area contributed by atoms with Crippen LogP contribution in [0.2, 0.25) is 0 Å². The van der Waals surface area contributed by atoms with Crippen molar-refractivity contribution in [3.63, 3.8) is 0 Å². The molecule has 136 valence electrons. The summed E-state index contributed by atoms with van der Waals surface area (Å²) in [7, 11) is -1.82. The molecule has 0 bridgehead atoms. The van der Waals surface area contributed by atoms with E-state index in [0.717, 1.165) is 25.8 Å². The van der Waals surface area contributed by atoms with Gasteiger partial charge in [-0.1, -0.05) is 67.9 Å². The van der Waals surface area contributed by atoms with Gasteiger partial charge in [-0.25, -0.2) is 0 Å². The minimum absolute atomic E-state index is 0. The molecule has 0 fully saturated rings. The van der Waals surface area contributed by atoms with Crippen LogP contribution in [0.3, 0.4) is 0 Å². The summed E-state index contributed by atoms with van der Waals surface area (Å²) in [5, 5.41) is 4.14. The van der Waals surface area contributed by atoms with E-state index in [9.17, 15) is 0 Å². The first-order valence-electron chi connectivity index (χ1n) is 9.00. The van der Waals surface area contributed by atoms with Gasteiger partial charge < -0.3 is 21.7 Å². The quantitative estimate of drug-likeness (QED) is 0.392. The van der Waals surface area contributed by atoms with Crippen molar-refractivity contribution in [1.82, 2.24) is 0 Å². The lowest BCUT2D eigenvalue weighted by Crippen LogP contribution is -3.00. The summed E-state index contributed by atoms with van der Waals surface area (Å²) in [4.78, 5) is 0. The molecule has 0 saturated heterocycles. The van der Waals surface area contributed by atoms with Crippen molar-refractivity contribution in [2.75, 3.05) is 13.0 Å². The Morgan fingerprint density at radius 2 is 1.04 bits per heavy atom. The van der Waals surface area contributed by atoms with Crippen molar-refractivity contribution < 1.29 is 21.7 Å². The number of halogens is 1. The Kier molecular flexibility index (Phi) is 8.51. The highest BCUT2D eigenvalue weighted by atomic mass is 79.9. The molecule has 0 aliphatic heterocycles. The fraction of sp³-hybridized carbons (Fsp3) is 0.217. The molecule has 0 heterocycles. The van der Waals surface area contributed by atoms with E-state index in [4.69, 9.17) is 4.74 Å². The molecular formula is C23H26BrOP. The topological polar surface area (TPSA) is 9.23 Å². The first kappa shape index (κ1) is 20.8. The van der Waals surface area contributed by atoms with Gasteiger partial charge in [0.25, 0.3) is 0 Å². The van der Waals surface area contributed by atoms with Crippen LogP contribution in [0.1, 0.15) is 19.8 Å². The molecule has 3 rings (SSSR count). The van der Waals surface area contributed by atoms with E-state index in [0.29, 0.717) is 0 Å². The van der Waals surface area contributed by atoms with Gasteiger partial charge in [0.05, 0.1) is 6.61 Å². The van der Waals surface area contributed by atoms with E-state index in [2.05, 4.69) is 97.9 Å². The maximum atomic E-state index is 6.25. The van der Waals surface area contributed by atoms with E-state index < -0.39 is 7.26 Å². The van der Waals surface area contributed by atoms with E-state index in [1.54, 1.807) is 0 Å². The predicted octanol–water partition coefficient (Wildman–Crippen LogP) is 1.76. The lowest BCUT2D eigenvalue weighted by molar-refractivity contribution is -0.00000540. The molecule has 0 spiro atoms. The van der Waals surface area contributed by atoms with Gasteiger partial charge in [-0.15, -0.1) is 0 Å². The third-order valence-electron chi connectivity index (χ3n) is 4.52. The fourth-order valence-electron chi connectivity index (χ4n) is 3.17. The Morgan fingerprint density at radius 1 is 0.654 bits per heavy atom. The van der Waals surface area contributed by atoms with Crippen LogP contribution >= 0.6 is 7.26 Å². The van der Waals surface area contributed by atoms with Crippen LogP contribution in [-0.4, -0.2) is 13.0 Å². The monoisotopic (exact) mass is 428 g/mol. The number of benzene rings is 3. The largest absolute Gasteiger partial charge is 1.00 e. The molecule has 1 nitrogen and oxygen atoms in total. The van der Waals surface area contributed by atoms with Gasteiger partial charge in [-0.3, -0.25) is 0 Å². The number of rotatable bonds is 8. The van der Waals surface area contributed by atoms with E-state index in [1.165, 1.54) is 15.9 Å². The summed E-state index contributed by atoms with van der Waals surface area (Å²) in [5.41, 5.74) is 0. The third-order valence-corrected chi connectivity index (χ3v) is 8.63. The van der Waals surface area contributed by atoms with Crippen molar-refractivity contribution in [2.45, 2.75) is 19.8 Å². The molecule has 0 saturated carbocycles. The van der Waals surface area contributed by atoms with Crippen LogP contribution in [0.15, 0.2) is 91.0 Å². The summed E-state index contributed by atoms with van der Waals surface area (Å²) < 4.78 is 6.25. The van der Waals surface area contributed by atoms with Crippen molar-refractivity contribution in [1.29, 1.82) is 0 Å². The van der Waals surface area contributed by atoms with Gasteiger partial charge in [0.1, 0.15) is 23.2 Å². The van der Waals surface area contributed by atoms with Gasteiger partial charge in [0.15, 0.2) is 6.35 Å². The Hall–Kier alpha value is -1.47. The Labute approximate surface area is 168 Å². The smallest absolute Gasteiger partial charge is 0.171 e. The summed E-state index contributed by atoms with van der Waals surface area (Å²) in [6.07, 6.45) is 3.02. The highest BCUT2D eigenvalue weighted by Gasteiger charge is 2.45. The van der Waals surface area contributed by atoms with Gasteiger partial charge in [-0.05, 0) is 42.8 Å². The zero-order chi connectivity index (χ0) is 17.4. The second kappa shape index (κ2) is 10.6. The molecule has 0 aromatic heterocycles. The third kappa shape index (κ3) is 4.62. The zero-order valence-electron chi connectivity index (χ0n) is 15.2. The molecule has 3 aromatic rings. The SMILES string of the molecule is CCCCOC[P+](c1ccccc1)(c1ccccc1)c1ccccc1.[Br-]. The van der Waals surface area contributed by atoms with Crippen LogP contribution in [0.5, 0.6) is 0 Å². The lowest BCUT2D eigenvalue weighted by atomic mass is 10.4. The van der Waals surface area contributed by atoms with Gasteiger partial charge in [0.2, 0.25) is 0 Å². The van der Waals surface area contributed by atoms with Crippen LogP contribution < -0.4 is 32.9 Å². The van der Waals surface area contributed by atoms with Crippen LogP contribution in [0.4, 0.5) is 0 Å². The first-order chi connectivity index (χ1) is 12.4. The molecule has 3 aromatic carbocycles. The molecule has 0 aliphatic carbocycles. The van der Waals surface area contributed by atoms with Gasteiger partial charge in [-0.2, -0.15) is 0 Å². The van der Waals surface area contributed by atoms with E-state index >= 15 is 0 Å². The summed E-state index contributed by atoms with van der Waals surface area (Å²) in [6, 6.07) is 32.7. The highest BCUT2D eigenvalue weighted by molar-refractivity contribution is 7.95. The van der Waals surface area contributed by atoms with Crippen LogP contribution in [0, 0.1) is 0 Å². The molecule has 3 heteroatoms. The standard InChI is InChI=1S/C23H26OP.BrH/c1-2-3-19-24-20-25(21-13-7-4-8-14-21,22-15-9-5-10-16-22)23-17-11-6-12-18-23;/h4-18H,2-3,19-20H2,1H3;1H/q+1;/p-1. The normalized spacial score (nSPS) is 11.0.